The van der Waals surface area contributed by atoms with Crippen molar-refractivity contribution in [1.82, 2.24) is 10.2 Å². The maximum atomic E-state index is 12.3. The fourth-order valence-corrected chi connectivity index (χ4v) is 2.03. The molecule has 0 aliphatic carbocycles. The molecule has 0 radical (unpaired) electrons. The van der Waals surface area contributed by atoms with Crippen molar-refractivity contribution >= 4 is 5.91 Å². The second-order valence-electron chi connectivity index (χ2n) is 5.75. The number of carbonyl (C=O) groups excluding carboxylic acids is 1. The van der Waals surface area contributed by atoms with Crippen LogP contribution in [0.1, 0.15) is 19.4 Å². The molecule has 0 atom stereocenters. The summed E-state index contributed by atoms with van der Waals surface area (Å²) in [6, 6.07) is 5.65. The topological polar surface area (TPSA) is 50.8 Å². The predicted octanol–water partition coefficient (Wildman–Crippen LogP) is 1.37. The van der Waals surface area contributed by atoms with Crippen molar-refractivity contribution in [2.24, 2.45) is 0 Å². The summed E-state index contributed by atoms with van der Waals surface area (Å²) < 4.78 is 10.7. The predicted molar refractivity (Wildman–Crippen MR) is 77.2 cm³/mol. The van der Waals surface area contributed by atoms with Gasteiger partial charge in [-0.3, -0.25) is 4.79 Å². The molecular formula is C15H22N2O3. The fraction of sp³-hybridized carbons (Fsp3) is 0.533. The number of fused-ring (bicyclic) bond motifs is 1. The fourth-order valence-electron chi connectivity index (χ4n) is 2.03. The highest BCUT2D eigenvalue weighted by molar-refractivity contribution is 5.87. The molecule has 0 spiro atoms. The number of nitrogens with zero attached hydrogens (tertiary/aromatic N) is 1. The Labute approximate surface area is 119 Å². The molecular weight excluding hydrogens is 256 g/mol. The average Bonchev–Trinajstić information content (AvgIpc) is 2.85. The number of hydrogen-bond acceptors (Lipinski definition) is 4. The Bertz CT molecular complexity index is 498. The van der Waals surface area contributed by atoms with Crippen LogP contribution >= 0.6 is 0 Å². The quantitative estimate of drug-likeness (QED) is 0.884. The number of nitrogens with one attached hydrogen (secondary N) is 1. The molecule has 0 fully saturated rings. The molecule has 0 saturated carbocycles. The molecule has 5 heteroatoms. The molecule has 20 heavy (non-hydrogen) atoms. The van der Waals surface area contributed by atoms with E-state index in [9.17, 15) is 4.79 Å². The smallest absolute Gasteiger partial charge is 0.231 e. The van der Waals surface area contributed by atoms with Gasteiger partial charge in [0.25, 0.3) is 0 Å². The second kappa shape index (κ2) is 5.71. The van der Waals surface area contributed by atoms with Gasteiger partial charge in [-0.2, -0.15) is 0 Å². The van der Waals surface area contributed by atoms with Crippen LogP contribution in [0.15, 0.2) is 18.2 Å². The SMILES string of the molecule is CN(C)CCNC(=O)C(C)(C)c1ccc2c(c1)OCO2. The van der Waals surface area contributed by atoms with Gasteiger partial charge in [0.05, 0.1) is 5.41 Å². The Morgan fingerprint density at radius 1 is 1.30 bits per heavy atom. The number of rotatable bonds is 5. The molecule has 1 aliphatic rings. The normalized spacial score (nSPS) is 13.7. The van der Waals surface area contributed by atoms with Gasteiger partial charge >= 0.3 is 0 Å². The highest BCUT2D eigenvalue weighted by Crippen LogP contribution is 2.36. The first kappa shape index (κ1) is 14.7. The molecule has 1 amide bonds. The van der Waals surface area contributed by atoms with E-state index in [-0.39, 0.29) is 12.7 Å². The van der Waals surface area contributed by atoms with E-state index < -0.39 is 5.41 Å². The van der Waals surface area contributed by atoms with Gasteiger partial charge in [0, 0.05) is 13.1 Å². The number of benzene rings is 1. The van der Waals surface area contributed by atoms with Crippen molar-refractivity contribution < 1.29 is 14.3 Å². The van der Waals surface area contributed by atoms with Crippen molar-refractivity contribution in [2.45, 2.75) is 19.3 Å². The lowest BCUT2D eigenvalue weighted by Crippen LogP contribution is -2.42. The van der Waals surface area contributed by atoms with Gasteiger partial charge in [-0.05, 0) is 45.6 Å². The van der Waals surface area contributed by atoms with Gasteiger partial charge in [0.15, 0.2) is 11.5 Å². The highest BCUT2D eigenvalue weighted by atomic mass is 16.7. The lowest BCUT2D eigenvalue weighted by molar-refractivity contribution is -0.125. The summed E-state index contributed by atoms with van der Waals surface area (Å²) in [5.74, 6) is 1.45. The minimum absolute atomic E-state index is 0.0122. The molecule has 0 unspecified atom stereocenters. The minimum atomic E-state index is -0.604. The van der Waals surface area contributed by atoms with Crippen molar-refractivity contribution in [2.75, 3.05) is 34.0 Å². The molecule has 2 rings (SSSR count). The Balaban J connectivity index is 2.07. The molecule has 0 saturated heterocycles. The minimum Gasteiger partial charge on any atom is -0.454 e. The largest absolute Gasteiger partial charge is 0.454 e. The van der Waals surface area contributed by atoms with Crippen LogP contribution in [0.4, 0.5) is 0 Å². The lowest BCUT2D eigenvalue weighted by atomic mass is 9.83. The Kier molecular flexibility index (Phi) is 4.18. The summed E-state index contributed by atoms with van der Waals surface area (Å²) in [5.41, 5.74) is 0.317. The van der Waals surface area contributed by atoms with E-state index in [1.165, 1.54) is 0 Å². The van der Waals surface area contributed by atoms with Gasteiger partial charge in [0.2, 0.25) is 12.7 Å². The zero-order chi connectivity index (χ0) is 14.8. The Morgan fingerprint density at radius 2 is 2.00 bits per heavy atom. The first-order valence-electron chi connectivity index (χ1n) is 6.74. The molecule has 1 heterocycles. The van der Waals surface area contributed by atoms with Crippen LogP contribution in [0.2, 0.25) is 0 Å². The molecule has 1 aromatic rings. The number of hydrogen-bond donors (Lipinski definition) is 1. The van der Waals surface area contributed by atoms with Gasteiger partial charge in [0.1, 0.15) is 0 Å². The standard InChI is InChI=1S/C15H22N2O3/c1-15(2,14(18)16-7-8-17(3)4)11-5-6-12-13(9-11)20-10-19-12/h5-6,9H,7-8,10H2,1-4H3,(H,16,18). The van der Waals surface area contributed by atoms with Gasteiger partial charge < -0.3 is 19.7 Å². The van der Waals surface area contributed by atoms with E-state index in [2.05, 4.69) is 5.32 Å². The van der Waals surface area contributed by atoms with Gasteiger partial charge in [-0.25, -0.2) is 0 Å². The summed E-state index contributed by atoms with van der Waals surface area (Å²) in [7, 11) is 3.96. The third-order valence-electron chi connectivity index (χ3n) is 3.51. The van der Waals surface area contributed by atoms with E-state index in [1.807, 2.05) is 51.0 Å². The van der Waals surface area contributed by atoms with Crippen molar-refractivity contribution in [3.8, 4) is 11.5 Å². The molecule has 1 aliphatic heterocycles. The lowest BCUT2D eigenvalue weighted by Gasteiger charge is -2.25. The van der Waals surface area contributed by atoms with Crippen LogP contribution in [-0.4, -0.2) is 44.8 Å². The zero-order valence-electron chi connectivity index (χ0n) is 12.5. The van der Waals surface area contributed by atoms with Gasteiger partial charge in [-0.1, -0.05) is 6.07 Å². The molecule has 5 nitrogen and oxygen atoms in total. The number of carbonyl (C=O) groups is 1. The maximum absolute atomic E-state index is 12.3. The van der Waals surface area contributed by atoms with E-state index >= 15 is 0 Å². The van der Waals surface area contributed by atoms with E-state index in [4.69, 9.17) is 9.47 Å². The van der Waals surface area contributed by atoms with Crippen LogP contribution in [0, 0.1) is 0 Å². The summed E-state index contributed by atoms with van der Waals surface area (Å²) >= 11 is 0. The van der Waals surface area contributed by atoms with E-state index in [0.717, 1.165) is 17.9 Å². The maximum Gasteiger partial charge on any atom is 0.231 e. The summed E-state index contributed by atoms with van der Waals surface area (Å²) in [6.45, 7) is 5.53. The highest BCUT2D eigenvalue weighted by Gasteiger charge is 2.31. The van der Waals surface area contributed by atoms with Crippen molar-refractivity contribution in [3.05, 3.63) is 23.8 Å². The third-order valence-corrected chi connectivity index (χ3v) is 3.51. The van der Waals surface area contributed by atoms with Gasteiger partial charge in [-0.15, -0.1) is 0 Å². The third kappa shape index (κ3) is 3.04. The summed E-state index contributed by atoms with van der Waals surface area (Å²) in [4.78, 5) is 14.4. The molecule has 1 N–H and O–H groups in total. The monoisotopic (exact) mass is 278 g/mol. The molecule has 110 valence electrons. The van der Waals surface area contributed by atoms with E-state index in [0.29, 0.717) is 12.3 Å². The summed E-state index contributed by atoms with van der Waals surface area (Å²) in [5, 5.41) is 2.97. The summed E-state index contributed by atoms with van der Waals surface area (Å²) in [6.07, 6.45) is 0. The number of likely N-dealkylation sites (N-methyl/N-ethyl adjacent to an activating group) is 1. The van der Waals surface area contributed by atoms with Crippen LogP contribution in [-0.2, 0) is 10.2 Å². The molecule has 0 bridgehead atoms. The van der Waals surface area contributed by atoms with Crippen LogP contribution in [0.25, 0.3) is 0 Å². The first-order valence-corrected chi connectivity index (χ1v) is 6.74. The van der Waals surface area contributed by atoms with Crippen molar-refractivity contribution in [1.29, 1.82) is 0 Å². The van der Waals surface area contributed by atoms with Crippen LogP contribution < -0.4 is 14.8 Å². The number of amides is 1. The zero-order valence-corrected chi connectivity index (χ0v) is 12.5. The Hall–Kier alpha value is -1.75. The second-order valence-corrected chi connectivity index (χ2v) is 5.75. The Morgan fingerprint density at radius 3 is 2.70 bits per heavy atom. The van der Waals surface area contributed by atoms with Crippen molar-refractivity contribution in [3.63, 3.8) is 0 Å². The molecule has 0 aromatic heterocycles. The average molecular weight is 278 g/mol. The van der Waals surface area contributed by atoms with Crippen LogP contribution in [0.5, 0.6) is 11.5 Å². The number of ether oxygens (including phenoxy) is 2. The first-order chi connectivity index (χ1) is 9.41. The van der Waals surface area contributed by atoms with E-state index in [1.54, 1.807) is 0 Å². The van der Waals surface area contributed by atoms with Crippen LogP contribution in [0.3, 0.4) is 0 Å². The molecule has 1 aromatic carbocycles.